The number of ether oxygens (including phenoxy) is 1. The molecule has 1 aliphatic rings. The lowest BCUT2D eigenvalue weighted by Gasteiger charge is -2.12. The number of aryl methyl sites for hydroxylation is 1. The highest BCUT2D eigenvalue weighted by atomic mass is 35.5. The van der Waals surface area contributed by atoms with E-state index in [1.807, 2.05) is 37.4 Å². The maximum atomic E-state index is 13.1. The van der Waals surface area contributed by atoms with E-state index in [-0.39, 0.29) is 5.75 Å². The molecule has 3 aromatic carbocycles. The molecule has 0 saturated carbocycles. The van der Waals surface area contributed by atoms with E-state index < -0.39 is 11.8 Å². The summed E-state index contributed by atoms with van der Waals surface area (Å²) in [6.45, 7) is 4.09. The van der Waals surface area contributed by atoms with Crippen LogP contribution in [0.15, 0.2) is 42.5 Å². The normalized spacial score (nSPS) is 13.0. The number of amides is 2. The molecule has 1 aliphatic heterocycles. The van der Waals surface area contributed by atoms with Crippen molar-refractivity contribution in [1.82, 2.24) is 15.2 Å². The molecule has 0 saturated heterocycles. The number of imide groups is 1. The Hall–Kier alpha value is -3.55. The van der Waals surface area contributed by atoms with Gasteiger partial charge < -0.3 is 19.7 Å². The smallest absolute Gasteiger partial charge is 0.259 e. The maximum Gasteiger partial charge on any atom is 0.259 e. The van der Waals surface area contributed by atoms with Crippen LogP contribution in [0.25, 0.3) is 32.9 Å². The van der Waals surface area contributed by atoms with Crippen LogP contribution < -0.4 is 15.4 Å². The Balaban J connectivity index is 1.82. The van der Waals surface area contributed by atoms with Gasteiger partial charge in [-0.1, -0.05) is 43.1 Å². The number of unbranched alkanes of at least 4 members (excludes halogenated alkanes) is 1. The summed E-state index contributed by atoms with van der Waals surface area (Å²) in [4.78, 5) is 26.1. The average molecular weight is 506 g/mol. The molecule has 36 heavy (non-hydrogen) atoms. The van der Waals surface area contributed by atoms with E-state index in [2.05, 4.69) is 22.1 Å². The number of halogens is 1. The van der Waals surface area contributed by atoms with Crippen LogP contribution >= 0.6 is 11.6 Å². The summed E-state index contributed by atoms with van der Waals surface area (Å²) in [6.07, 6.45) is 2.69. The van der Waals surface area contributed by atoms with E-state index in [9.17, 15) is 14.7 Å². The number of carbonyl (C=O) groups is 2. The molecule has 1 aromatic heterocycles. The zero-order chi connectivity index (χ0) is 25.4. The van der Waals surface area contributed by atoms with Gasteiger partial charge in [0.25, 0.3) is 11.8 Å². The SMILES string of the molecule is CCCCn1c2cc(OCCCNC)c(O)cc2c2c3c(c(-c4ccccc4Cl)cc21)C(=O)NC3=O. The van der Waals surface area contributed by atoms with Crippen molar-refractivity contribution in [2.24, 2.45) is 0 Å². The molecule has 2 heterocycles. The Bertz CT molecular complexity index is 1510. The second kappa shape index (κ2) is 9.84. The van der Waals surface area contributed by atoms with Gasteiger partial charge in [-0.3, -0.25) is 14.9 Å². The summed E-state index contributed by atoms with van der Waals surface area (Å²) >= 11 is 6.53. The topological polar surface area (TPSA) is 92.6 Å². The van der Waals surface area contributed by atoms with Crippen LogP contribution in [-0.2, 0) is 6.54 Å². The summed E-state index contributed by atoms with van der Waals surface area (Å²) in [6, 6.07) is 12.7. The zero-order valence-electron chi connectivity index (χ0n) is 20.3. The Morgan fingerprint density at radius 1 is 1.03 bits per heavy atom. The molecule has 0 radical (unpaired) electrons. The van der Waals surface area contributed by atoms with Gasteiger partial charge in [0, 0.05) is 34.0 Å². The van der Waals surface area contributed by atoms with Gasteiger partial charge in [0.05, 0.1) is 28.8 Å². The molecule has 2 amide bonds. The molecule has 4 aromatic rings. The average Bonchev–Trinajstić information content (AvgIpc) is 3.32. The Kier molecular flexibility index (Phi) is 6.60. The molecule has 7 nitrogen and oxygen atoms in total. The molecule has 0 fully saturated rings. The molecular formula is C28H28ClN3O4. The largest absolute Gasteiger partial charge is 0.504 e. The van der Waals surface area contributed by atoms with Crippen LogP contribution in [0.5, 0.6) is 11.5 Å². The lowest BCUT2D eigenvalue weighted by molar-refractivity contribution is 0.0880. The van der Waals surface area contributed by atoms with Crippen molar-refractivity contribution >= 4 is 45.2 Å². The highest BCUT2D eigenvalue weighted by Gasteiger charge is 2.35. The minimum absolute atomic E-state index is 0.00448. The quantitative estimate of drug-likeness (QED) is 0.206. The zero-order valence-corrected chi connectivity index (χ0v) is 21.0. The number of phenolic OH excluding ortho intramolecular Hbond substituents is 1. The number of hydrogen-bond donors (Lipinski definition) is 3. The number of benzene rings is 3. The van der Waals surface area contributed by atoms with E-state index in [0.717, 1.165) is 36.8 Å². The summed E-state index contributed by atoms with van der Waals surface area (Å²) in [5, 5.41) is 18.2. The van der Waals surface area contributed by atoms with Gasteiger partial charge in [-0.05, 0) is 50.2 Å². The fraction of sp³-hybridized carbons (Fsp3) is 0.286. The molecule has 5 rings (SSSR count). The number of aromatic hydroxyl groups is 1. The summed E-state index contributed by atoms with van der Waals surface area (Å²) < 4.78 is 8.03. The van der Waals surface area contributed by atoms with Crippen LogP contribution in [0.2, 0.25) is 5.02 Å². The molecule has 8 heteroatoms. The van der Waals surface area contributed by atoms with Gasteiger partial charge in [0.1, 0.15) is 0 Å². The lowest BCUT2D eigenvalue weighted by atomic mass is 9.93. The van der Waals surface area contributed by atoms with Crippen LogP contribution in [-0.4, -0.2) is 41.7 Å². The summed E-state index contributed by atoms with van der Waals surface area (Å²) in [7, 11) is 1.88. The monoisotopic (exact) mass is 505 g/mol. The third-order valence-electron chi connectivity index (χ3n) is 6.64. The molecule has 0 aliphatic carbocycles. The maximum absolute atomic E-state index is 13.1. The predicted molar refractivity (Wildman–Crippen MR) is 142 cm³/mol. The number of phenols is 1. The highest BCUT2D eigenvalue weighted by molar-refractivity contribution is 6.36. The first kappa shape index (κ1) is 24.2. The van der Waals surface area contributed by atoms with Gasteiger partial charge in [-0.25, -0.2) is 0 Å². The van der Waals surface area contributed by atoms with E-state index in [1.165, 1.54) is 0 Å². The predicted octanol–water partition coefficient (Wildman–Crippen LogP) is 5.49. The fourth-order valence-corrected chi connectivity index (χ4v) is 5.19. The molecule has 0 atom stereocenters. The van der Waals surface area contributed by atoms with E-state index in [0.29, 0.717) is 57.0 Å². The first-order valence-corrected chi connectivity index (χ1v) is 12.6. The van der Waals surface area contributed by atoms with E-state index in [4.69, 9.17) is 16.3 Å². The number of hydrogen-bond acceptors (Lipinski definition) is 5. The molecule has 0 unspecified atom stereocenters. The Morgan fingerprint density at radius 3 is 2.56 bits per heavy atom. The molecule has 0 bridgehead atoms. The van der Waals surface area contributed by atoms with Crippen molar-refractivity contribution in [2.75, 3.05) is 20.2 Å². The van der Waals surface area contributed by atoms with Gasteiger partial charge in [-0.2, -0.15) is 0 Å². The first-order chi connectivity index (χ1) is 17.5. The van der Waals surface area contributed by atoms with Crippen molar-refractivity contribution in [2.45, 2.75) is 32.7 Å². The van der Waals surface area contributed by atoms with Crippen molar-refractivity contribution in [1.29, 1.82) is 0 Å². The van der Waals surface area contributed by atoms with Crippen LogP contribution in [0.4, 0.5) is 0 Å². The van der Waals surface area contributed by atoms with Crippen molar-refractivity contribution in [3.05, 3.63) is 58.6 Å². The second-order valence-corrected chi connectivity index (χ2v) is 9.39. The van der Waals surface area contributed by atoms with E-state index >= 15 is 0 Å². The lowest BCUT2D eigenvalue weighted by Crippen LogP contribution is -2.20. The third kappa shape index (κ3) is 3.98. The highest BCUT2D eigenvalue weighted by Crippen LogP contribution is 2.44. The van der Waals surface area contributed by atoms with Crippen molar-refractivity contribution < 1.29 is 19.4 Å². The van der Waals surface area contributed by atoms with Gasteiger partial charge in [0.2, 0.25) is 0 Å². The second-order valence-electron chi connectivity index (χ2n) is 8.98. The molecule has 3 N–H and O–H groups in total. The van der Waals surface area contributed by atoms with Gasteiger partial charge >= 0.3 is 0 Å². The number of fused-ring (bicyclic) bond motifs is 5. The van der Waals surface area contributed by atoms with Crippen molar-refractivity contribution in [3.63, 3.8) is 0 Å². The minimum atomic E-state index is -0.449. The van der Waals surface area contributed by atoms with Crippen LogP contribution in [0, 0.1) is 0 Å². The number of nitrogens with one attached hydrogen (secondary N) is 2. The molecule has 186 valence electrons. The molecular weight excluding hydrogens is 478 g/mol. The van der Waals surface area contributed by atoms with Crippen LogP contribution in [0.1, 0.15) is 46.9 Å². The first-order valence-electron chi connectivity index (χ1n) is 12.2. The van der Waals surface area contributed by atoms with Crippen molar-refractivity contribution in [3.8, 4) is 22.6 Å². The Labute approximate surface area is 214 Å². The number of aromatic nitrogens is 1. The standard InChI is InChI=1S/C28H28ClN3O4/c1-3-4-11-32-20-15-23(36-12-7-10-30-2)22(33)14-18(20)24-21(32)13-17(16-8-5-6-9-19(16)29)25-26(24)28(35)31-27(25)34/h5-6,8-9,13-15,30,33H,3-4,7,10-12H2,1-2H3,(H,31,34,35). The minimum Gasteiger partial charge on any atom is -0.504 e. The number of rotatable bonds is 9. The van der Waals surface area contributed by atoms with E-state index in [1.54, 1.807) is 12.1 Å². The number of carbonyl (C=O) groups excluding carboxylic acids is 2. The van der Waals surface area contributed by atoms with Gasteiger partial charge in [0.15, 0.2) is 11.5 Å². The molecule has 0 spiro atoms. The Morgan fingerprint density at radius 2 is 1.81 bits per heavy atom. The summed E-state index contributed by atoms with van der Waals surface area (Å²) in [5.74, 6) is -0.511. The number of nitrogens with zero attached hydrogens (tertiary/aromatic N) is 1. The summed E-state index contributed by atoms with van der Waals surface area (Å²) in [5.41, 5.74) is 3.57. The van der Waals surface area contributed by atoms with Crippen LogP contribution in [0.3, 0.4) is 0 Å². The van der Waals surface area contributed by atoms with Gasteiger partial charge in [-0.15, -0.1) is 0 Å². The third-order valence-corrected chi connectivity index (χ3v) is 6.97. The fourth-order valence-electron chi connectivity index (χ4n) is 4.95.